The standard InChI is InChI=1S/C20H21N2/c1-14-10-11-18(22(4)13-14)20-16(3)12-15(2)19(21-20)17-8-6-5-7-9-17/h5-13H,1-4H3/q+1/i1D3,2D3. The number of aryl methyl sites for hydroxylation is 4. The third-order valence-corrected chi connectivity index (χ3v) is 3.64. The number of benzene rings is 1. The number of nitrogens with zero attached hydrogens (tertiary/aromatic N) is 2. The van der Waals surface area contributed by atoms with E-state index in [9.17, 15) is 0 Å². The average Bonchev–Trinajstić information content (AvgIpc) is 2.61. The Labute approximate surface area is 140 Å². The molecule has 0 amide bonds. The Kier molecular flexibility index (Phi) is 2.30. The molecule has 3 rings (SSSR count). The minimum atomic E-state index is -2.30. The van der Waals surface area contributed by atoms with E-state index in [0.717, 1.165) is 5.56 Å². The van der Waals surface area contributed by atoms with Gasteiger partial charge in [-0.3, -0.25) is 0 Å². The van der Waals surface area contributed by atoms with Crippen LogP contribution < -0.4 is 4.57 Å². The number of pyridine rings is 2. The fourth-order valence-corrected chi connectivity index (χ4v) is 2.54. The van der Waals surface area contributed by atoms with Crippen molar-refractivity contribution in [1.82, 2.24) is 4.98 Å². The van der Waals surface area contributed by atoms with Gasteiger partial charge in [0.25, 0.3) is 0 Å². The molecule has 2 heterocycles. The van der Waals surface area contributed by atoms with E-state index in [4.69, 9.17) is 13.2 Å². The number of hydrogen-bond donors (Lipinski definition) is 0. The molecule has 3 aromatic rings. The van der Waals surface area contributed by atoms with E-state index in [1.807, 2.05) is 37.3 Å². The van der Waals surface area contributed by atoms with Gasteiger partial charge in [-0.25, -0.2) is 4.98 Å². The van der Waals surface area contributed by atoms with Gasteiger partial charge in [0.2, 0.25) is 5.69 Å². The summed E-state index contributed by atoms with van der Waals surface area (Å²) < 4.78 is 48.1. The van der Waals surface area contributed by atoms with E-state index in [2.05, 4.69) is 0 Å². The summed E-state index contributed by atoms with van der Waals surface area (Å²) in [4.78, 5) is 4.71. The summed E-state index contributed by atoms with van der Waals surface area (Å²) >= 11 is 0. The Balaban J connectivity index is 2.24. The summed E-state index contributed by atoms with van der Waals surface area (Å²) in [7, 11) is 1.76. The van der Waals surface area contributed by atoms with E-state index in [-0.39, 0.29) is 11.1 Å². The van der Waals surface area contributed by atoms with Gasteiger partial charge in [-0.2, -0.15) is 4.57 Å². The molecule has 0 spiro atoms. The van der Waals surface area contributed by atoms with Gasteiger partial charge in [0, 0.05) is 25.4 Å². The molecule has 0 saturated carbocycles. The molecule has 0 aliphatic rings. The van der Waals surface area contributed by atoms with Crippen molar-refractivity contribution in [2.45, 2.75) is 20.6 Å². The normalized spacial score (nSPS) is 15.9. The van der Waals surface area contributed by atoms with Crippen LogP contribution in [-0.2, 0) is 7.05 Å². The number of hydrogen-bond acceptors (Lipinski definition) is 1. The summed E-state index contributed by atoms with van der Waals surface area (Å²) in [6.45, 7) is -2.68. The fraction of sp³-hybridized carbons (Fsp3) is 0.200. The van der Waals surface area contributed by atoms with Gasteiger partial charge in [0.15, 0.2) is 6.20 Å². The van der Waals surface area contributed by atoms with Crippen LogP contribution >= 0.6 is 0 Å². The van der Waals surface area contributed by atoms with Crippen LogP contribution in [0.3, 0.4) is 0 Å². The van der Waals surface area contributed by atoms with Crippen molar-refractivity contribution in [3.05, 3.63) is 71.4 Å². The van der Waals surface area contributed by atoms with E-state index in [1.165, 1.54) is 0 Å². The largest absolute Gasteiger partial charge is 0.241 e. The Morgan fingerprint density at radius 2 is 1.77 bits per heavy atom. The highest BCUT2D eigenvalue weighted by atomic mass is 14.9. The molecule has 2 nitrogen and oxygen atoms in total. The molecule has 1 aromatic carbocycles. The summed E-state index contributed by atoms with van der Waals surface area (Å²) in [5.41, 5.74) is 3.59. The SMILES string of the molecule is [2H]C([2H])([2H])c1ccc(-c2nc(-c3ccccc3)c(C([2H])([2H])[2H])cc2C)[n+](C)c1. The molecule has 0 unspecified atom stereocenters. The molecule has 0 bridgehead atoms. The van der Waals surface area contributed by atoms with Gasteiger partial charge in [-0.1, -0.05) is 36.4 Å². The van der Waals surface area contributed by atoms with Crippen LogP contribution in [0.5, 0.6) is 0 Å². The molecule has 2 heteroatoms. The zero-order valence-electron chi connectivity index (χ0n) is 18.6. The first kappa shape index (κ1) is 8.84. The average molecular weight is 295 g/mol. The third kappa shape index (κ3) is 2.64. The van der Waals surface area contributed by atoms with Crippen molar-refractivity contribution in [3.8, 4) is 22.6 Å². The van der Waals surface area contributed by atoms with Gasteiger partial charge in [0.05, 0.1) is 5.69 Å². The maximum atomic E-state index is 7.90. The molecule has 110 valence electrons. The maximum absolute atomic E-state index is 7.90. The summed E-state index contributed by atoms with van der Waals surface area (Å²) in [5, 5.41) is 0. The number of rotatable bonds is 2. The van der Waals surface area contributed by atoms with Crippen LogP contribution in [0, 0.1) is 20.6 Å². The van der Waals surface area contributed by atoms with E-state index in [1.54, 1.807) is 36.0 Å². The zero-order valence-corrected chi connectivity index (χ0v) is 12.6. The second-order valence-electron chi connectivity index (χ2n) is 5.33. The Bertz CT molecular complexity index is 1010. The summed E-state index contributed by atoms with van der Waals surface area (Å²) in [6.07, 6.45) is 1.56. The monoisotopic (exact) mass is 295 g/mol. The smallest absolute Gasteiger partial charge is 0.231 e. The summed E-state index contributed by atoms with van der Waals surface area (Å²) in [6, 6.07) is 14.1. The van der Waals surface area contributed by atoms with Crippen molar-refractivity contribution in [1.29, 1.82) is 0 Å². The summed E-state index contributed by atoms with van der Waals surface area (Å²) in [5.74, 6) is 0. The fourth-order valence-electron chi connectivity index (χ4n) is 2.54. The molecule has 2 aromatic heterocycles. The Morgan fingerprint density at radius 3 is 2.45 bits per heavy atom. The van der Waals surface area contributed by atoms with Gasteiger partial charge in [0.1, 0.15) is 12.7 Å². The highest BCUT2D eigenvalue weighted by molar-refractivity contribution is 5.68. The van der Waals surface area contributed by atoms with E-state index < -0.39 is 13.7 Å². The first-order valence-corrected chi connectivity index (χ1v) is 7.06. The molecule has 0 N–H and O–H groups in total. The molecular weight excluding hydrogens is 268 g/mol. The second kappa shape index (κ2) is 5.72. The molecular formula is C20H21N2+. The van der Waals surface area contributed by atoms with Gasteiger partial charge in [-0.05, 0) is 37.8 Å². The van der Waals surface area contributed by atoms with Crippen molar-refractivity contribution < 1.29 is 12.8 Å². The van der Waals surface area contributed by atoms with Gasteiger partial charge >= 0.3 is 0 Å². The topological polar surface area (TPSA) is 16.8 Å². The second-order valence-corrected chi connectivity index (χ2v) is 5.33. The quantitative estimate of drug-likeness (QED) is 0.649. The van der Waals surface area contributed by atoms with Crippen molar-refractivity contribution in [3.63, 3.8) is 0 Å². The lowest BCUT2D eigenvalue weighted by molar-refractivity contribution is -0.660. The maximum Gasteiger partial charge on any atom is 0.231 e. The zero-order chi connectivity index (χ0) is 20.7. The first-order valence-electron chi connectivity index (χ1n) is 10.1. The minimum absolute atomic E-state index is 0.196. The van der Waals surface area contributed by atoms with E-state index in [0.29, 0.717) is 22.6 Å². The molecule has 0 fully saturated rings. The van der Waals surface area contributed by atoms with Gasteiger partial charge in [-0.15, -0.1) is 0 Å². The molecule has 0 radical (unpaired) electrons. The highest BCUT2D eigenvalue weighted by Crippen LogP contribution is 2.27. The third-order valence-electron chi connectivity index (χ3n) is 3.64. The van der Waals surface area contributed by atoms with Crippen LogP contribution in [0.15, 0.2) is 54.7 Å². The molecule has 0 saturated heterocycles. The lowest BCUT2D eigenvalue weighted by Crippen LogP contribution is -2.31. The lowest BCUT2D eigenvalue weighted by Gasteiger charge is -2.10. The Hall–Kier alpha value is -2.48. The van der Waals surface area contributed by atoms with Crippen molar-refractivity contribution in [2.24, 2.45) is 7.05 Å². The first-order chi connectivity index (χ1) is 13.0. The number of aromatic nitrogens is 2. The van der Waals surface area contributed by atoms with Crippen LogP contribution in [-0.4, -0.2) is 4.98 Å². The highest BCUT2D eigenvalue weighted by Gasteiger charge is 2.16. The van der Waals surface area contributed by atoms with Crippen LogP contribution in [0.25, 0.3) is 22.6 Å². The van der Waals surface area contributed by atoms with Gasteiger partial charge < -0.3 is 0 Å². The molecule has 0 atom stereocenters. The van der Waals surface area contributed by atoms with Crippen LogP contribution in [0.1, 0.15) is 24.9 Å². The molecule has 0 aliphatic heterocycles. The predicted octanol–water partition coefficient (Wildman–Crippen LogP) is 4.17. The van der Waals surface area contributed by atoms with E-state index >= 15 is 0 Å². The predicted molar refractivity (Wildman–Crippen MR) is 90.5 cm³/mol. The van der Waals surface area contributed by atoms with Crippen molar-refractivity contribution in [2.75, 3.05) is 0 Å². The van der Waals surface area contributed by atoms with Crippen LogP contribution in [0.4, 0.5) is 0 Å². The molecule has 22 heavy (non-hydrogen) atoms. The van der Waals surface area contributed by atoms with Crippen molar-refractivity contribution >= 4 is 0 Å². The Morgan fingerprint density at radius 1 is 0.955 bits per heavy atom. The lowest BCUT2D eigenvalue weighted by atomic mass is 10.0. The minimum Gasteiger partial charge on any atom is -0.241 e. The molecule has 0 aliphatic carbocycles. The van der Waals surface area contributed by atoms with Crippen LogP contribution in [0.2, 0.25) is 0 Å².